The number of ether oxygens (including phenoxy) is 1. The molecule has 1 aliphatic rings. The van der Waals surface area contributed by atoms with Crippen molar-refractivity contribution in [3.8, 4) is 5.75 Å². The monoisotopic (exact) mass is 292 g/mol. The molecular formula is C15H20N2O4. The van der Waals surface area contributed by atoms with E-state index in [2.05, 4.69) is 10.6 Å². The lowest BCUT2D eigenvalue weighted by Crippen LogP contribution is -2.46. The first-order chi connectivity index (χ1) is 9.99. The minimum absolute atomic E-state index is 0.00564. The number of carbonyl (C=O) groups excluding carboxylic acids is 1. The predicted molar refractivity (Wildman–Crippen MR) is 78.4 cm³/mol. The van der Waals surface area contributed by atoms with Crippen LogP contribution in [-0.4, -0.2) is 36.7 Å². The van der Waals surface area contributed by atoms with Gasteiger partial charge < -0.3 is 20.5 Å². The number of hydrogen-bond donors (Lipinski definition) is 3. The Bertz CT molecular complexity index is 507. The average Bonchev–Trinajstić information content (AvgIpc) is 2.47. The third-order valence-corrected chi connectivity index (χ3v) is 3.62. The van der Waals surface area contributed by atoms with Gasteiger partial charge in [0.15, 0.2) is 6.61 Å². The zero-order valence-corrected chi connectivity index (χ0v) is 12.0. The third kappa shape index (κ3) is 4.19. The van der Waals surface area contributed by atoms with Crippen LogP contribution >= 0.6 is 0 Å². The molecule has 1 saturated heterocycles. The zero-order chi connectivity index (χ0) is 15.3. The molecule has 3 N–H and O–H groups in total. The van der Waals surface area contributed by atoms with Gasteiger partial charge in [0.25, 0.3) is 0 Å². The van der Waals surface area contributed by atoms with E-state index in [9.17, 15) is 9.59 Å². The Balaban J connectivity index is 1.93. The maximum absolute atomic E-state index is 12.3. The fourth-order valence-electron chi connectivity index (χ4n) is 2.31. The maximum atomic E-state index is 12.3. The summed E-state index contributed by atoms with van der Waals surface area (Å²) < 4.78 is 5.04. The second-order valence-corrected chi connectivity index (χ2v) is 5.50. The topological polar surface area (TPSA) is 87.7 Å². The van der Waals surface area contributed by atoms with Crippen molar-refractivity contribution in [2.45, 2.75) is 19.8 Å². The van der Waals surface area contributed by atoms with Crippen LogP contribution < -0.4 is 15.4 Å². The van der Waals surface area contributed by atoms with Crippen molar-refractivity contribution in [2.24, 2.45) is 5.41 Å². The van der Waals surface area contributed by atoms with Gasteiger partial charge in [0, 0.05) is 12.2 Å². The van der Waals surface area contributed by atoms with Crippen molar-refractivity contribution in [3.05, 3.63) is 24.3 Å². The van der Waals surface area contributed by atoms with Gasteiger partial charge in [-0.15, -0.1) is 0 Å². The molecule has 6 heteroatoms. The highest BCUT2D eigenvalue weighted by molar-refractivity contribution is 5.95. The lowest BCUT2D eigenvalue weighted by atomic mass is 9.82. The number of anilines is 1. The largest absolute Gasteiger partial charge is 0.482 e. The number of nitrogens with one attached hydrogen (secondary N) is 2. The number of piperidine rings is 1. The number of rotatable bonds is 5. The second kappa shape index (κ2) is 6.58. The summed E-state index contributed by atoms with van der Waals surface area (Å²) in [5.41, 5.74) is 0.283. The number of amides is 1. The number of benzene rings is 1. The fraction of sp³-hybridized carbons (Fsp3) is 0.467. The molecule has 0 aromatic heterocycles. The van der Waals surface area contributed by atoms with Crippen LogP contribution in [0.25, 0.3) is 0 Å². The molecule has 0 aliphatic carbocycles. The van der Waals surface area contributed by atoms with Gasteiger partial charge in [0.1, 0.15) is 5.75 Å². The first kappa shape index (κ1) is 15.3. The molecule has 0 spiro atoms. The van der Waals surface area contributed by atoms with E-state index < -0.39 is 11.4 Å². The third-order valence-electron chi connectivity index (χ3n) is 3.62. The summed E-state index contributed by atoms with van der Waals surface area (Å²) in [5, 5.41) is 14.7. The molecule has 1 amide bonds. The molecule has 1 unspecified atom stereocenters. The molecule has 1 aromatic carbocycles. The first-order valence-corrected chi connectivity index (χ1v) is 6.96. The standard InChI is InChI=1S/C15H20N2O4/c1-15(7-2-8-16-10-15)14(20)17-11-3-5-12(6-4-11)21-9-13(18)19/h3-6,16H,2,7-10H2,1H3,(H,17,20)(H,18,19). The Morgan fingerprint density at radius 2 is 2.10 bits per heavy atom. The van der Waals surface area contributed by atoms with Gasteiger partial charge in [-0.25, -0.2) is 4.79 Å². The lowest BCUT2D eigenvalue weighted by molar-refractivity contribution is -0.139. The van der Waals surface area contributed by atoms with Crippen molar-refractivity contribution in [1.82, 2.24) is 5.32 Å². The van der Waals surface area contributed by atoms with E-state index in [0.717, 1.165) is 19.4 Å². The summed E-state index contributed by atoms with van der Waals surface area (Å²) in [6.45, 7) is 3.21. The van der Waals surface area contributed by atoms with E-state index in [0.29, 0.717) is 18.0 Å². The molecule has 114 valence electrons. The molecule has 0 radical (unpaired) electrons. The van der Waals surface area contributed by atoms with Gasteiger partial charge in [0.2, 0.25) is 5.91 Å². The van der Waals surface area contributed by atoms with Gasteiger partial charge in [-0.2, -0.15) is 0 Å². The van der Waals surface area contributed by atoms with E-state index in [4.69, 9.17) is 9.84 Å². The average molecular weight is 292 g/mol. The summed E-state index contributed by atoms with van der Waals surface area (Å²) in [7, 11) is 0. The van der Waals surface area contributed by atoms with Gasteiger partial charge in [0.05, 0.1) is 5.41 Å². The van der Waals surface area contributed by atoms with Crippen LogP contribution in [0.4, 0.5) is 5.69 Å². The van der Waals surface area contributed by atoms with Crippen LogP contribution in [0.3, 0.4) is 0 Å². The van der Waals surface area contributed by atoms with Crippen LogP contribution in [0.1, 0.15) is 19.8 Å². The maximum Gasteiger partial charge on any atom is 0.341 e. The smallest absolute Gasteiger partial charge is 0.341 e. The zero-order valence-electron chi connectivity index (χ0n) is 12.0. The number of hydrogen-bond acceptors (Lipinski definition) is 4. The highest BCUT2D eigenvalue weighted by atomic mass is 16.5. The van der Waals surface area contributed by atoms with Crippen LogP contribution in [0.5, 0.6) is 5.75 Å². The first-order valence-electron chi connectivity index (χ1n) is 6.96. The summed E-state index contributed by atoms with van der Waals surface area (Å²) in [5.74, 6) is -0.569. The van der Waals surface area contributed by atoms with E-state index in [-0.39, 0.29) is 12.5 Å². The Morgan fingerprint density at radius 3 is 2.67 bits per heavy atom. The Kier molecular flexibility index (Phi) is 4.80. The van der Waals surface area contributed by atoms with Crippen molar-refractivity contribution >= 4 is 17.6 Å². The number of aliphatic carboxylic acids is 1. The fourth-order valence-corrected chi connectivity index (χ4v) is 2.31. The van der Waals surface area contributed by atoms with Crippen LogP contribution in [-0.2, 0) is 9.59 Å². The molecule has 2 rings (SSSR count). The number of carboxylic acid groups (broad SMARTS) is 1. The molecule has 6 nitrogen and oxygen atoms in total. The predicted octanol–water partition coefficient (Wildman–Crippen LogP) is 1.48. The summed E-state index contributed by atoms with van der Waals surface area (Å²) in [4.78, 5) is 22.7. The van der Waals surface area contributed by atoms with E-state index >= 15 is 0 Å². The normalized spacial score (nSPS) is 21.6. The van der Waals surface area contributed by atoms with Gasteiger partial charge in [-0.05, 0) is 50.6 Å². The molecule has 1 atom stereocenters. The minimum Gasteiger partial charge on any atom is -0.482 e. The van der Waals surface area contributed by atoms with Crippen molar-refractivity contribution in [2.75, 3.05) is 25.0 Å². The SMILES string of the molecule is CC1(C(=O)Nc2ccc(OCC(=O)O)cc2)CCCNC1. The van der Waals surface area contributed by atoms with Gasteiger partial charge in [-0.1, -0.05) is 0 Å². The number of carbonyl (C=O) groups is 2. The Morgan fingerprint density at radius 1 is 1.38 bits per heavy atom. The molecule has 0 bridgehead atoms. The molecule has 0 saturated carbocycles. The lowest BCUT2D eigenvalue weighted by Gasteiger charge is -2.32. The Hall–Kier alpha value is -2.08. The summed E-state index contributed by atoms with van der Waals surface area (Å²) in [6.07, 6.45) is 1.86. The van der Waals surface area contributed by atoms with E-state index in [1.807, 2.05) is 6.92 Å². The summed E-state index contributed by atoms with van der Waals surface area (Å²) >= 11 is 0. The van der Waals surface area contributed by atoms with Crippen LogP contribution in [0, 0.1) is 5.41 Å². The quantitative estimate of drug-likeness (QED) is 0.765. The molecule has 1 aliphatic heterocycles. The highest BCUT2D eigenvalue weighted by Gasteiger charge is 2.34. The molecule has 1 aromatic rings. The highest BCUT2D eigenvalue weighted by Crippen LogP contribution is 2.27. The number of carboxylic acids is 1. The van der Waals surface area contributed by atoms with E-state index in [1.165, 1.54) is 0 Å². The molecule has 21 heavy (non-hydrogen) atoms. The van der Waals surface area contributed by atoms with E-state index in [1.54, 1.807) is 24.3 Å². The van der Waals surface area contributed by atoms with Gasteiger partial charge >= 0.3 is 5.97 Å². The van der Waals surface area contributed by atoms with Crippen LogP contribution in [0.2, 0.25) is 0 Å². The van der Waals surface area contributed by atoms with Crippen LogP contribution in [0.15, 0.2) is 24.3 Å². The van der Waals surface area contributed by atoms with Crippen molar-refractivity contribution in [3.63, 3.8) is 0 Å². The molecule has 1 fully saturated rings. The van der Waals surface area contributed by atoms with Crippen molar-refractivity contribution < 1.29 is 19.4 Å². The molecule has 1 heterocycles. The Labute approximate surface area is 123 Å². The second-order valence-electron chi connectivity index (χ2n) is 5.50. The summed E-state index contributed by atoms with van der Waals surface area (Å²) in [6, 6.07) is 6.68. The molecular weight excluding hydrogens is 272 g/mol. The van der Waals surface area contributed by atoms with Gasteiger partial charge in [-0.3, -0.25) is 4.79 Å². The minimum atomic E-state index is -1.02. The van der Waals surface area contributed by atoms with Crippen molar-refractivity contribution in [1.29, 1.82) is 0 Å².